The number of aromatic nitrogens is 2. The highest BCUT2D eigenvalue weighted by atomic mass is 16.3. The van der Waals surface area contributed by atoms with Gasteiger partial charge in [0.05, 0.1) is 11.8 Å². The number of nitrogens with zero attached hydrogens (tertiary/aromatic N) is 4. The van der Waals surface area contributed by atoms with E-state index in [-0.39, 0.29) is 6.10 Å². The van der Waals surface area contributed by atoms with Gasteiger partial charge in [-0.3, -0.25) is 9.80 Å². The summed E-state index contributed by atoms with van der Waals surface area (Å²) in [4.78, 5) is 4.81. The molecule has 22 heavy (non-hydrogen) atoms. The second kappa shape index (κ2) is 7.05. The predicted octanol–water partition coefficient (Wildman–Crippen LogP) is 1.37. The third-order valence-corrected chi connectivity index (χ3v) is 4.10. The largest absolute Gasteiger partial charge is 0.392 e. The van der Waals surface area contributed by atoms with Crippen LogP contribution in [-0.4, -0.2) is 63.5 Å². The Morgan fingerprint density at radius 1 is 1.09 bits per heavy atom. The van der Waals surface area contributed by atoms with Crippen LogP contribution in [0.1, 0.15) is 12.5 Å². The van der Waals surface area contributed by atoms with Crippen molar-refractivity contribution in [1.82, 2.24) is 19.6 Å². The monoisotopic (exact) mass is 300 g/mol. The van der Waals surface area contributed by atoms with Crippen molar-refractivity contribution in [2.75, 3.05) is 32.7 Å². The number of aliphatic hydroxyl groups is 1. The van der Waals surface area contributed by atoms with E-state index in [1.54, 1.807) is 6.20 Å². The highest BCUT2D eigenvalue weighted by molar-refractivity contribution is 5.33. The van der Waals surface area contributed by atoms with Gasteiger partial charge in [-0.15, -0.1) is 0 Å². The Bertz CT molecular complexity index is 557. The molecule has 3 rings (SSSR count). The number of piperazine rings is 1. The Hall–Kier alpha value is -1.69. The summed E-state index contributed by atoms with van der Waals surface area (Å²) in [6, 6.07) is 10.5. The second-order valence-electron chi connectivity index (χ2n) is 6.04. The fourth-order valence-electron chi connectivity index (χ4n) is 2.94. The zero-order chi connectivity index (χ0) is 15.4. The van der Waals surface area contributed by atoms with Gasteiger partial charge < -0.3 is 5.11 Å². The summed E-state index contributed by atoms with van der Waals surface area (Å²) in [5, 5.41) is 13.7. The minimum Gasteiger partial charge on any atom is -0.392 e. The summed E-state index contributed by atoms with van der Waals surface area (Å²) in [6.45, 7) is 7.83. The first-order valence-electron chi connectivity index (χ1n) is 7.92. The van der Waals surface area contributed by atoms with Crippen LogP contribution in [-0.2, 0) is 6.54 Å². The van der Waals surface area contributed by atoms with E-state index in [2.05, 4.69) is 39.2 Å². The van der Waals surface area contributed by atoms with Crippen molar-refractivity contribution in [1.29, 1.82) is 0 Å². The molecule has 2 aromatic rings. The molecule has 5 heteroatoms. The van der Waals surface area contributed by atoms with Crippen molar-refractivity contribution in [2.24, 2.45) is 0 Å². The Labute approximate surface area is 131 Å². The van der Waals surface area contributed by atoms with E-state index in [0.29, 0.717) is 0 Å². The van der Waals surface area contributed by atoms with Gasteiger partial charge in [0.1, 0.15) is 0 Å². The first-order valence-corrected chi connectivity index (χ1v) is 7.92. The van der Waals surface area contributed by atoms with Crippen molar-refractivity contribution in [3.05, 3.63) is 48.3 Å². The maximum Gasteiger partial charge on any atom is 0.0645 e. The smallest absolute Gasteiger partial charge is 0.0645 e. The molecular weight excluding hydrogens is 276 g/mol. The van der Waals surface area contributed by atoms with Gasteiger partial charge >= 0.3 is 0 Å². The maximum absolute atomic E-state index is 9.45. The molecule has 0 spiro atoms. The van der Waals surface area contributed by atoms with Gasteiger partial charge in [0.2, 0.25) is 0 Å². The Morgan fingerprint density at radius 3 is 2.36 bits per heavy atom. The van der Waals surface area contributed by atoms with Crippen molar-refractivity contribution in [3.8, 4) is 5.69 Å². The quantitative estimate of drug-likeness (QED) is 0.906. The topological polar surface area (TPSA) is 44.5 Å². The molecule has 1 aliphatic rings. The van der Waals surface area contributed by atoms with Crippen LogP contribution in [0.25, 0.3) is 5.69 Å². The molecule has 118 valence electrons. The van der Waals surface area contributed by atoms with E-state index in [9.17, 15) is 5.11 Å². The number of aliphatic hydroxyl groups excluding tert-OH is 1. The van der Waals surface area contributed by atoms with Crippen molar-refractivity contribution < 1.29 is 5.11 Å². The van der Waals surface area contributed by atoms with Gasteiger partial charge in [-0.25, -0.2) is 4.68 Å². The summed E-state index contributed by atoms with van der Waals surface area (Å²) in [6.07, 6.45) is 3.51. The van der Waals surface area contributed by atoms with E-state index in [1.807, 2.05) is 23.9 Å². The standard InChI is InChI=1S/C17H24N4O/c1-15(22)13-19-9-11-20(12-10-19)14-16-3-5-17(6-4-16)21-8-2-7-18-21/h2-8,15,22H,9-14H2,1H3. The third-order valence-electron chi connectivity index (χ3n) is 4.10. The highest BCUT2D eigenvalue weighted by Crippen LogP contribution is 2.12. The lowest BCUT2D eigenvalue weighted by atomic mass is 10.1. The lowest BCUT2D eigenvalue weighted by molar-refractivity contribution is 0.0781. The molecular formula is C17H24N4O. The van der Waals surface area contributed by atoms with Crippen molar-refractivity contribution >= 4 is 0 Å². The number of β-amino-alcohol motifs (C(OH)–C–C–N with tert-alkyl or cyclic N) is 1. The molecule has 1 fully saturated rings. The fraction of sp³-hybridized carbons (Fsp3) is 0.471. The molecule has 1 aromatic heterocycles. The van der Waals surface area contributed by atoms with Crippen molar-refractivity contribution in [3.63, 3.8) is 0 Å². The molecule has 1 atom stereocenters. The van der Waals surface area contributed by atoms with E-state index in [0.717, 1.165) is 45.0 Å². The molecule has 1 saturated heterocycles. The predicted molar refractivity (Wildman–Crippen MR) is 87.0 cm³/mol. The van der Waals surface area contributed by atoms with Crippen LogP contribution < -0.4 is 0 Å². The van der Waals surface area contributed by atoms with Crippen LogP contribution in [0.3, 0.4) is 0 Å². The lowest BCUT2D eigenvalue weighted by Crippen LogP contribution is -2.47. The summed E-state index contributed by atoms with van der Waals surface area (Å²) >= 11 is 0. The lowest BCUT2D eigenvalue weighted by Gasteiger charge is -2.35. The first-order chi connectivity index (χ1) is 10.7. The Balaban J connectivity index is 1.52. The summed E-state index contributed by atoms with van der Waals surface area (Å²) in [7, 11) is 0. The van der Waals surface area contributed by atoms with Gasteiger partial charge in [-0.1, -0.05) is 12.1 Å². The van der Waals surface area contributed by atoms with Crippen LogP contribution in [0.2, 0.25) is 0 Å². The average Bonchev–Trinajstić information content (AvgIpc) is 3.04. The molecule has 1 aromatic carbocycles. The number of hydrogen-bond acceptors (Lipinski definition) is 4. The molecule has 0 amide bonds. The first kappa shape index (κ1) is 15.2. The number of hydrogen-bond donors (Lipinski definition) is 1. The van der Waals surface area contributed by atoms with Crippen LogP contribution >= 0.6 is 0 Å². The molecule has 5 nitrogen and oxygen atoms in total. The average molecular weight is 300 g/mol. The zero-order valence-electron chi connectivity index (χ0n) is 13.1. The van der Waals surface area contributed by atoms with Crippen LogP contribution in [0.4, 0.5) is 0 Å². The van der Waals surface area contributed by atoms with E-state index < -0.39 is 0 Å². The summed E-state index contributed by atoms with van der Waals surface area (Å²) in [5.41, 5.74) is 2.43. The molecule has 1 N–H and O–H groups in total. The van der Waals surface area contributed by atoms with Gasteiger partial charge in [-0.05, 0) is 30.7 Å². The van der Waals surface area contributed by atoms with Gasteiger partial charge in [0, 0.05) is 51.7 Å². The summed E-state index contributed by atoms with van der Waals surface area (Å²) in [5.74, 6) is 0. The van der Waals surface area contributed by atoms with E-state index in [1.165, 1.54) is 5.56 Å². The Morgan fingerprint density at radius 2 is 1.77 bits per heavy atom. The van der Waals surface area contributed by atoms with E-state index in [4.69, 9.17) is 0 Å². The van der Waals surface area contributed by atoms with E-state index >= 15 is 0 Å². The molecule has 0 saturated carbocycles. The minimum atomic E-state index is -0.235. The highest BCUT2D eigenvalue weighted by Gasteiger charge is 2.17. The molecule has 1 unspecified atom stereocenters. The zero-order valence-corrected chi connectivity index (χ0v) is 13.1. The summed E-state index contributed by atoms with van der Waals surface area (Å²) < 4.78 is 1.87. The number of rotatable bonds is 5. The third kappa shape index (κ3) is 3.94. The normalized spacial score (nSPS) is 18.5. The fourth-order valence-corrected chi connectivity index (χ4v) is 2.94. The molecule has 0 radical (unpaired) electrons. The molecule has 2 heterocycles. The maximum atomic E-state index is 9.45. The minimum absolute atomic E-state index is 0.235. The molecule has 0 bridgehead atoms. The van der Waals surface area contributed by atoms with Crippen molar-refractivity contribution in [2.45, 2.75) is 19.6 Å². The van der Waals surface area contributed by atoms with Crippen LogP contribution in [0.5, 0.6) is 0 Å². The molecule has 1 aliphatic heterocycles. The number of benzene rings is 1. The van der Waals surface area contributed by atoms with Gasteiger partial charge in [-0.2, -0.15) is 5.10 Å². The second-order valence-corrected chi connectivity index (χ2v) is 6.04. The van der Waals surface area contributed by atoms with Crippen LogP contribution in [0, 0.1) is 0 Å². The van der Waals surface area contributed by atoms with Gasteiger partial charge in [0.15, 0.2) is 0 Å². The van der Waals surface area contributed by atoms with Gasteiger partial charge in [0.25, 0.3) is 0 Å². The Kier molecular flexibility index (Phi) is 4.87. The SMILES string of the molecule is CC(O)CN1CCN(Cc2ccc(-n3cccn3)cc2)CC1. The van der Waals surface area contributed by atoms with Crippen LogP contribution in [0.15, 0.2) is 42.7 Å². The molecule has 0 aliphatic carbocycles.